The summed E-state index contributed by atoms with van der Waals surface area (Å²) >= 11 is 7.42. The molecule has 0 aromatic heterocycles. The SMILES string of the molecule is Cc1ccc(C)c2c1SC1=NNC(Nc3ccc(Cl)cc3)=C(C#N)C(=N)N12. The lowest BCUT2D eigenvalue weighted by Gasteiger charge is -2.20. The molecule has 0 spiro atoms. The fourth-order valence-corrected chi connectivity index (χ4v) is 4.21. The van der Waals surface area contributed by atoms with Crippen LogP contribution in [0.3, 0.4) is 0 Å². The van der Waals surface area contributed by atoms with Gasteiger partial charge in [-0.2, -0.15) is 5.26 Å². The average molecular weight is 395 g/mol. The third kappa shape index (κ3) is 2.93. The van der Waals surface area contributed by atoms with E-state index < -0.39 is 0 Å². The Morgan fingerprint density at radius 3 is 2.59 bits per heavy atom. The Labute approximate surface area is 166 Å². The van der Waals surface area contributed by atoms with Gasteiger partial charge in [-0.15, -0.1) is 5.10 Å². The molecule has 0 atom stereocenters. The van der Waals surface area contributed by atoms with Gasteiger partial charge in [0.05, 0.1) is 5.69 Å². The number of nitrogens with one attached hydrogen (secondary N) is 3. The number of hydrogen-bond donors (Lipinski definition) is 3. The number of thioether (sulfide) groups is 1. The second kappa shape index (κ2) is 6.65. The molecule has 8 heteroatoms. The molecule has 27 heavy (non-hydrogen) atoms. The molecular formula is C19H15ClN6S. The Morgan fingerprint density at radius 1 is 1.19 bits per heavy atom. The Bertz CT molecular complexity index is 1060. The van der Waals surface area contributed by atoms with Gasteiger partial charge in [0, 0.05) is 15.6 Å². The van der Waals surface area contributed by atoms with E-state index in [2.05, 4.69) is 28.0 Å². The van der Waals surface area contributed by atoms with Crippen LogP contribution in [0.4, 0.5) is 11.4 Å². The largest absolute Gasteiger partial charge is 0.339 e. The van der Waals surface area contributed by atoms with Crippen LogP contribution < -0.4 is 15.6 Å². The normalized spacial score (nSPS) is 15.4. The third-order valence-electron chi connectivity index (χ3n) is 4.34. The number of anilines is 2. The molecule has 2 aliphatic rings. The van der Waals surface area contributed by atoms with Crippen molar-refractivity contribution in [2.75, 3.05) is 10.2 Å². The standard InChI is InChI=1S/C19H15ClN6S/c1-10-3-4-11(2)16-15(10)26-17(22)14(9-21)18(24-25-19(26)27-16)23-13-7-5-12(20)6-8-13/h3-8,22-24H,1-2H3. The van der Waals surface area contributed by atoms with Crippen molar-refractivity contribution < 1.29 is 0 Å². The molecule has 0 aliphatic carbocycles. The van der Waals surface area contributed by atoms with Crippen LogP contribution in [0.2, 0.25) is 5.02 Å². The molecule has 2 heterocycles. The Morgan fingerprint density at radius 2 is 1.89 bits per heavy atom. The molecule has 6 nitrogen and oxygen atoms in total. The quantitative estimate of drug-likeness (QED) is 0.694. The fraction of sp³-hybridized carbons (Fsp3) is 0.105. The number of halogens is 1. The van der Waals surface area contributed by atoms with Crippen molar-refractivity contribution in [3.63, 3.8) is 0 Å². The zero-order chi connectivity index (χ0) is 19.1. The lowest BCUT2D eigenvalue weighted by Crippen LogP contribution is -2.32. The van der Waals surface area contributed by atoms with Crippen LogP contribution in [0.5, 0.6) is 0 Å². The number of amidine groups is 2. The van der Waals surface area contributed by atoms with Gasteiger partial charge in [0.15, 0.2) is 11.0 Å². The molecule has 2 aliphatic heterocycles. The zero-order valence-corrected chi connectivity index (χ0v) is 16.2. The van der Waals surface area contributed by atoms with Crippen LogP contribution in [0.15, 0.2) is 57.8 Å². The van der Waals surface area contributed by atoms with E-state index in [1.807, 2.05) is 19.9 Å². The van der Waals surface area contributed by atoms with Gasteiger partial charge in [-0.3, -0.25) is 15.7 Å². The summed E-state index contributed by atoms with van der Waals surface area (Å²) in [7, 11) is 0. The summed E-state index contributed by atoms with van der Waals surface area (Å²) in [6.07, 6.45) is 0. The number of fused-ring (bicyclic) bond motifs is 3. The Balaban J connectivity index is 1.78. The van der Waals surface area contributed by atoms with E-state index in [4.69, 9.17) is 17.0 Å². The van der Waals surface area contributed by atoms with Gasteiger partial charge in [-0.1, -0.05) is 23.7 Å². The number of benzene rings is 2. The predicted octanol–water partition coefficient (Wildman–Crippen LogP) is 4.57. The van der Waals surface area contributed by atoms with Crippen LogP contribution in [-0.4, -0.2) is 11.0 Å². The summed E-state index contributed by atoms with van der Waals surface area (Å²) in [6, 6.07) is 13.3. The molecule has 2 aromatic rings. The molecule has 0 fully saturated rings. The molecule has 0 radical (unpaired) electrons. The predicted molar refractivity (Wildman–Crippen MR) is 110 cm³/mol. The highest BCUT2D eigenvalue weighted by Crippen LogP contribution is 2.45. The molecule has 0 saturated heterocycles. The topological polar surface area (TPSA) is 87.3 Å². The van der Waals surface area contributed by atoms with Crippen molar-refractivity contribution in [1.82, 2.24) is 5.43 Å². The van der Waals surface area contributed by atoms with Gasteiger partial charge in [0.1, 0.15) is 17.5 Å². The molecular weight excluding hydrogens is 380 g/mol. The minimum Gasteiger partial charge on any atom is -0.339 e. The molecule has 2 aromatic carbocycles. The molecule has 0 unspecified atom stereocenters. The van der Waals surface area contributed by atoms with Gasteiger partial charge < -0.3 is 5.32 Å². The molecule has 0 bridgehead atoms. The molecule has 4 rings (SSSR count). The highest BCUT2D eigenvalue weighted by atomic mass is 35.5. The Hall–Kier alpha value is -2.95. The molecule has 134 valence electrons. The van der Waals surface area contributed by atoms with E-state index >= 15 is 0 Å². The van der Waals surface area contributed by atoms with Crippen molar-refractivity contribution in [2.45, 2.75) is 18.7 Å². The number of aryl methyl sites for hydroxylation is 2. The number of rotatable bonds is 2. The highest BCUT2D eigenvalue weighted by molar-refractivity contribution is 8.15. The first-order valence-electron chi connectivity index (χ1n) is 8.17. The minimum absolute atomic E-state index is 0.0812. The average Bonchev–Trinajstić information content (AvgIpc) is 3.00. The molecule has 3 N–H and O–H groups in total. The van der Waals surface area contributed by atoms with Crippen molar-refractivity contribution in [3.8, 4) is 6.07 Å². The summed E-state index contributed by atoms with van der Waals surface area (Å²) in [4.78, 5) is 2.79. The highest BCUT2D eigenvalue weighted by Gasteiger charge is 2.36. The lowest BCUT2D eigenvalue weighted by atomic mass is 10.1. The van der Waals surface area contributed by atoms with Crippen molar-refractivity contribution in [1.29, 1.82) is 10.7 Å². The molecule has 0 amide bonds. The maximum atomic E-state index is 9.74. The maximum absolute atomic E-state index is 9.74. The van der Waals surface area contributed by atoms with Crippen molar-refractivity contribution >= 4 is 45.7 Å². The van der Waals surface area contributed by atoms with E-state index in [0.29, 0.717) is 16.0 Å². The van der Waals surface area contributed by atoms with E-state index in [-0.39, 0.29) is 11.4 Å². The first-order chi connectivity index (χ1) is 13.0. The first kappa shape index (κ1) is 17.5. The van der Waals surface area contributed by atoms with Gasteiger partial charge in [0.25, 0.3) is 0 Å². The van der Waals surface area contributed by atoms with Crippen molar-refractivity contribution in [2.24, 2.45) is 5.10 Å². The minimum atomic E-state index is 0.0812. The number of nitrogens with zero attached hydrogens (tertiary/aromatic N) is 3. The second-order valence-electron chi connectivity index (χ2n) is 6.16. The first-order valence-corrected chi connectivity index (χ1v) is 9.37. The fourth-order valence-electron chi connectivity index (χ4n) is 2.96. The number of hydrogen-bond acceptors (Lipinski definition) is 6. The van der Waals surface area contributed by atoms with Crippen LogP contribution in [0.1, 0.15) is 11.1 Å². The summed E-state index contributed by atoms with van der Waals surface area (Å²) in [5, 5.41) is 27.2. The van der Waals surface area contributed by atoms with Crippen LogP contribution in [0, 0.1) is 30.6 Å². The van der Waals surface area contributed by atoms with Gasteiger partial charge in [-0.25, -0.2) is 0 Å². The summed E-state index contributed by atoms with van der Waals surface area (Å²) < 4.78 is 0. The number of nitriles is 1. The summed E-state index contributed by atoms with van der Waals surface area (Å²) in [5.41, 5.74) is 6.90. The van der Waals surface area contributed by atoms with E-state index in [9.17, 15) is 5.26 Å². The smallest absolute Gasteiger partial charge is 0.198 e. The lowest BCUT2D eigenvalue weighted by molar-refractivity contribution is 0.896. The Kier molecular flexibility index (Phi) is 4.30. The van der Waals surface area contributed by atoms with Gasteiger partial charge >= 0.3 is 0 Å². The monoisotopic (exact) mass is 394 g/mol. The van der Waals surface area contributed by atoms with E-state index in [1.54, 1.807) is 29.2 Å². The van der Waals surface area contributed by atoms with Crippen molar-refractivity contribution in [3.05, 3.63) is 63.9 Å². The van der Waals surface area contributed by atoms with Crippen LogP contribution >= 0.6 is 23.4 Å². The summed E-state index contributed by atoms with van der Waals surface area (Å²) in [6.45, 7) is 4.03. The maximum Gasteiger partial charge on any atom is 0.198 e. The number of hydrazone groups is 1. The zero-order valence-electron chi connectivity index (χ0n) is 14.6. The van der Waals surface area contributed by atoms with Gasteiger partial charge in [0.2, 0.25) is 0 Å². The second-order valence-corrected chi connectivity index (χ2v) is 7.58. The van der Waals surface area contributed by atoms with E-state index in [0.717, 1.165) is 27.4 Å². The van der Waals surface area contributed by atoms with Crippen LogP contribution in [-0.2, 0) is 0 Å². The van der Waals surface area contributed by atoms with E-state index in [1.165, 1.54) is 11.8 Å². The third-order valence-corrected chi connectivity index (χ3v) is 5.77. The van der Waals surface area contributed by atoms with Crippen LogP contribution in [0.25, 0.3) is 0 Å². The summed E-state index contributed by atoms with van der Waals surface area (Å²) in [5.74, 6) is 0.442. The molecule has 0 saturated carbocycles. The van der Waals surface area contributed by atoms with Gasteiger partial charge in [-0.05, 0) is 61.0 Å².